The first-order valence-electron chi connectivity index (χ1n) is 6.08. The molecule has 0 radical (unpaired) electrons. The Morgan fingerprint density at radius 2 is 2.21 bits per heavy atom. The third-order valence-corrected chi connectivity index (χ3v) is 4.24. The second-order valence-corrected chi connectivity index (χ2v) is 5.81. The Morgan fingerprint density at radius 3 is 2.89 bits per heavy atom. The van der Waals surface area contributed by atoms with E-state index < -0.39 is 18.0 Å². The lowest BCUT2D eigenvalue weighted by molar-refractivity contribution is -0.138. The maximum Gasteiger partial charge on any atom is 0.325 e. The highest BCUT2D eigenvalue weighted by Crippen LogP contribution is 2.36. The van der Waals surface area contributed by atoms with Gasteiger partial charge in [-0.15, -0.1) is 11.8 Å². The van der Waals surface area contributed by atoms with Crippen LogP contribution in [0.15, 0.2) is 29.2 Å². The summed E-state index contributed by atoms with van der Waals surface area (Å²) in [5, 5.41) is 14.1. The predicted octanol–water partition coefficient (Wildman–Crippen LogP) is 1.48. The highest BCUT2D eigenvalue weighted by Gasteiger charge is 2.22. The highest BCUT2D eigenvalue weighted by molar-refractivity contribution is 8.00. The van der Waals surface area contributed by atoms with E-state index in [2.05, 4.69) is 22.8 Å². The number of carboxylic acids is 1. The molecule has 0 aromatic heterocycles. The van der Waals surface area contributed by atoms with Gasteiger partial charge in [0.1, 0.15) is 6.04 Å². The van der Waals surface area contributed by atoms with Gasteiger partial charge in [-0.3, -0.25) is 4.79 Å². The summed E-state index contributed by atoms with van der Waals surface area (Å²) in [6, 6.07) is 6.86. The number of carboxylic acid groups (broad SMARTS) is 1. The number of hydrogen-bond donors (Lipinski definition) is 3. The topological polar surface area (TPSA) is 78.4 Å². The maximum atomic E-state index is 11.5. The van der Waals surface area contributed by atoms with E-state index in [1.54, 1.807) is 11.8 Å². The normalized spacial score (nSPS) is 18.5. The summed E-state index contributed by atoms with van der Waals surface area (Å²) in [7, 11) is 0. The molecular formula is C13H16N2O3S. The quantitative estimate of drug-likeness (QED) is 0.780. The Morgan fingerprint density at radius 1 is 1.47 bits per heavy atom. The van der Waals surface area contributed by atoms with Crippen LogP contribution in [0.4, 0.5) is 4.79 Å². The van der Waals surface area contributed by atoms with Gasteiger partial charge in [-0.1, -0.05) is 18.2 Å². The van der Waals surface area contributed by atoms with Gasteiger partial charge < -0.3 is 15.7 Å². The van der Waals surface area contributed by atoms with E-state index in [4.69, 9.17) is 5.11 Å². The van der Waals surface area contributed by atoms with E-state index in [0.717, 1.165) is 6.42 Å². The minimum absolute atomic E-state index is 0.309. The molecule has 0 aliphatic carbocycles. The lowest BCUT2D eigenvalue weighted by Crippen LogP contribution is -2.45. The van der Waals surface area contributed by atoms with Gasteiger partial charge in [0.2, 0.25) is 0 Å². The Hall–Kier alpha value is -1.69. The summed E-state index contributed by atoms with van der Waals surface area (Å²) in [5.41, 5.74) is 1.30. The van der Waals surface area contributed by atoms with E-state index in [1.165, 1.54) is 17.4 Å². The molecular weight excluding hydrogens is 264 g/mol. The van der Waals surface area contributed by atoms with Gasteiger partial charge in [-0.2, -0.15) is 0 Å². The second-order valence-electron chi connectivity index (χ2n) is 4.47. The van der Waals surface area contributed by atoms with Gasteiger partial charge in [0.25, 0.3) is 0 Å². The second kappa shape index (κ2) is 5.97. The fourth-order valence-electron chi connectivity index (χ4n) is 1.88. The molecule has 1 heterocycles. The van der Waals surface area contributed by atoms with Crippen molar-refractivity contribution < 1.29 is 14.7 Å². The monoisotopic (exact) mass is 280 g/mol. The summed E-state index contributed by atoms with van der Waals surface area (Å²) in [6.07, 6.45) is 0.926. The molecule has 0 saturated carbocycles. The van der Waals surface area contributed by atoms with Crippen LogP contribution in [0.1, 0.15) is 12.5 Å². The third-order valence-electron chi connectivity index (χ3n) is 2.92. The minimum Gasteiger partial charge on any atom is -0.480 e. The summed E-state index contributed by atoms with van der Waals surface area (Å²) < 4.78 is 0. The molecule has 5 nitrogen and oxygen atoms in total. The maximum absolute atomic E-state index is 11.5. The number of fused-ring (bicyclic) bond motifs is 1. The summed E-state index contributed by atoms with van der Waals surface area (Å²) in [5.74, 6) is -1.04. The molecule has 2 amide bonds. The zero-order valence-corrected chi connectivity index (χ0v) is 11.4. The molecule has 2 rings (SSSR count). The summed E-state index contributed by atoms with van der Waals surface area (Å²) in [6.45, 7) is 1.96. The molecule has 2 unspecified atom stereocenters. The first-order chi connectivity index (χ1) is 9.06. The largest absolute Gasteiger partial charge is 0.480 e. The Labute approximate surface area is 115 Å². The van der Waals surface area contributed by atoms with E-state index >= 15 is 0 Å². The highest BCUT2D eigenvalue weighted by atomic mass is 32.2. The van der Waals surface area contributed by atoms with Gasteiger partial charge >= 0.3 is 12.0 Å². The van der Waals surface area contributed by atoms with Crippen LogP contribution in [0.25, 0.3) is 0 Å². The number of thioether (sulfide) groups is 1. The molecule has 0 fully saturated rings. The number of hydrogen-bond acceptors (Lipinski definition) is 3. The van der Waals surface area contributed by atoms with Gasteiger partial charge in [-0.25, -0.2) is 4.79 Å². The van der Waals surface area contributed by atoms with Crippen molar-refractivity contribution in [3.8, 4) is 0 Å². The first kappa shape index (κ1) is 13.7. The summed E-state index contributed by atoms with van der Waals surface area (Å²) >= 11 is 1.74. The standard InChI is InChI=1S/C13H16N2O3S/c1-8(12(16)17)15-13(18)14-7-10-6-9-4-2-3-5-11(9)19-10/h2-5,8,10H,6-7H2,1H3,(H,16,17)(H2,14,15,18). The van der Waals surface area contributed by atoms with E-state index in [1.807, 2.05) is 12.1 Å². The van der Waals surface area contributed by atoms with Crippen LogP contribution in [0, 0.1) is 0 Å². The molecule has 102 valence electrons. The van der Waals surface area contributed by atoms with Crippen molar-refractivity contribution in [3.63, 3.8) is 0 Å². The fourth-order valence-corrected chi connectivity index (χ4v) is 3.13. The van der Waals surface area contributed by atoms with Crippen LogP contribution >= 0.6 is 11.8 Å². The minimum atomic E-state index is -1.04. The number of carbonyl (C=O) groups is 2. The van der Waals surface area contributed by atoms with Gasteiger partial charge in [-0.05, 0) is 25.0 Å². The van der Waals surface area contributed by atoms with Crippen LogP contribution in [0.5, 0.6) is 0 Å². The fraction of sp³-hybridized carbons (Fsp3) is 0.385. The van der Waals surface area contributed by atoms with Crippen molar-refractivity contribution in [2.24, 2.45) is 0 Å². The molecule has 0 saturated heterocycles. The van der Waals surface area contributed by atoms with Crippen LogP contribution in [-0.2, 0) is 11.2 Å². The van der Waals surface area contributed by atoms with Crippen molar-refractivity contribution >= 4 is 23.8 Å². The van der Waals surface area contributed by atoms with Gasteiger partial charge in [0.15, 0.2) is 0 Å². The average molecular weight is 280 g/mol. The number of aliphatic carboxylic acids is 1. The predicted molar refractivity (Wildman–Crippen MR) is 73.4 cm³/mol. The molecule has 3 N–H and O–H groups in total. The molecule has 6 heteroatoms. The van der Waals surface area contributed by atoms with Crippen molar-refractivity contribution in [1.82, 2.24) is 10.6 Å². The first-order valence-corrected chi connectivity index (χ1v) is 6.96. The van der Waals surface area contributed by atoms with Crippen molar-refractivity contribution in [2.75, 3.05) is 6.54 Å². The number of urea groups is 1. The third kappa shape index (κ3) is 3.64. The van der Waals surface area contributed by atoms with Gasteiger partial charge in [0, 0.05) is 16.7 Å². The number of nitrogens with one attached hydrogen (secondary N) is 2. The summed E-state index contributed by atoms with van der Waals surface area (Å²) in [4.78, 5) is 23.3. The molecule has 1 aromatic carbocycles. The molecule has 0 spiro atoms. The number of amides is 2. The molecule has 2 atom stereocenters. The van der Waals surface area contributed by atoms with Crippen molar-refractivity contribution in [2.45, 2.75) is 29.5 Å². The number of benzene rings is 1. The van der Waals surface area contributed by atoms with Crippen LogP contribution < -0.4 is 10.6 Å². The zero-order valence-electron chi connectivity index (χ0n) is 10.6. The number of carbonyl (C=O) groups excluding carboxylic acids is 1. The van der Waals surface area contributed by atoms with E-state index in [-0.39, 0.29) is 0 Å². The molecule has 1 aliphatic heterocycles. The van der Waals surface area contributed by atoms with E-state index in [9.17, 15) is 9.59 Å². The lowest BCUT2D eigenvalue weighted by atomic mass is 10.1. The van der Waals surface area contributed by atoms with Crippen LogP contribution in [0.2, 0.25) is 0 Å². The van der Waals surface area contributed by atoms with Gasteiger partial charge in [0.05, 0.1) is 0 Å². The average Bonchev–Trinajstić information content (AvgIpc) is 2.78. The van der Waals surface area contributed by atoms with Crippen molar-refractivity contribution in [3.05, 3.63) is 29.8 Å². The molecule has 0 bridgehead atoms. The van der Waals surface area contributed by atoms with E-state index in [0.29, 0.717) is 11.8 Å². The molecule has 19 heavy (non-hydrogen) atoms. The smallest absolute Gasteiger partial charge is 0.325 e. The van der Waals surface area contributed by atoms with Crippen molar-refractivity contribution in [1.29, 1.82) is 0 Å². The SMILES string of the molecule is CC(NC(=O)NCC1Cc2ccccc2S1)C(=O)O. The molecule has 1 aromatic rings. The molecule has 1 aliphatic rings. The zero-order chi connectivity index (χ0) is 13.8. The van der Waals surface area contributed by atoms with Crippen LogP contribution in [-0.4, -0.2) is 34.9 Å². The van der Waals surface area contributed by atoms with Crippen LogP contribution in [0.3, 0.4) is 0 Å². The number of rotatable bonds is 4. The Kier molecular flexibility index (Phi) is 4.31. The lowest BCUT2D eigenvalue weighted by Gasteiger charge is -2.13. The Bertz CT molecular complexity index is 468. The Balaban J connectivity index is 1.76.